The Morgan fingerprint density at radius 2 is 1.68 bits per heavy atom. The first-order chi connectivity index (χ1) is 11.9. The summed E-state index contributed by atoms with van der Waals surface area (Å²) in [7, 11) is 0. The van der Waals surface area contributed by atoms with E-state index in [2.05, 4.69) is 25.1 Å². The molecule has 128 valence electrons. The molecule has 3 aliphatic carbocycles. The third kappa shape index (κ3) is 2.89. The quantitative estimate of drug-likeness (QED) is 0.714. The Morgan fingerprint density at radius 3 is 2.20 bits per heavy atom. The summed E-state index contributed by atoms with van der Waals surface area (Å²) in [5.74, 6) is -0.383. The highest BCUT2D eigenvalue weighted by molar-refractivity contribution is 6.26. The molecule has 0 bridgehead atoms. The van der Waals surface area contributed by atoms with Crippen LogP contribution in [0.1, 0.15) is 41.0 Å². The van der Waals surface area contributed by atoms with Crippen LogP contribution in [0.2, 0.25) is 0 Å². The van der Waals surface area contributed by atoms with E-state index >= 15 is 0 Å². The van der Waals surface area contributed by atoms with E-state index in [4.69, 9.17) is 4.74 Å². The van der Waals surface area contributed by atoms with Crippen LogP contribution in [-0.4, -0.2) is 28.4 Å². The number of phenols is 2. The van der Waals surface area contributed by atoms with E-state index in [0.717, 1.165) is 24.9 Å². The average Bonchev–Trinajstić information content (AvgIpc) is 2.56. The van der Waals surface area contributed by atoms with Crippen molar-refractivity contribution in [3.05, 3.63) is 63.5 Å². The van der Waals surface area contributed by atoms with E-state index in [0.29, 0.717) is 0 Å². The second-order valence-electron chi connectivity index (χ2n) is 5.93. The minimum absolute atomic E-state index is 0.111. The van der Waals surface area contributed by atoms with Crippen molar-refractivity contribution in [2.24, 2.45) is 0 Å². The number of hydrogen-bond acceptors (Lipinski definition) is 5. The lowest BCUT2D eigenvalue weighted by Gasteiger charge is -2.14. The molecule has 0 aliphatic heterocycles. The molecule has 3 aliphatic rings. The fraction of sp³-hybridized carbons (Fsp3) is 0.200. The van der Waals surface area contributed by atoms with Crippen LogP contribution in [0.15, 0.2) is 42.0 Å². The highest BCUT2D eigenvalue weighted by Gasteiger charge is 2.28. The van der Waals surface area contributed by atoms with Gasteiger partial charge in [-0.25, -0.2) is 0 Å². The van der Waals surface area contributed by atoms with Crippen LogP contribution in [0.5, 0.6) is 17.2 Å². The number of ether oxygens (including phenoxy) is 1. The van der Waals surface area contributed by atoms with E-state index in [-0.39, 0.29) is 28.2 Å². The Kier molecular flexibility index (Phi) is 4.31. The molecule has 1 aromatic rings. The Balaban J connectivity index is 0.000000157. The van der Waals surface area contributed by atoms with Gasteiger partial charge < -0.3 is 14.9 Å². The zero-order chi connectivity index (χ0) is 18.1. The fourth-order valence-electron chi connectivity index (χ4n) is 2.68. The predicted molar refractivity (Wildman–Crippen MR) is 92.1 cm³/mol. The van der Waals surface area contributed by atoms with Gasteiger partial charge in [-0.15, -0.1) is 0 Å². The summed E-state index contributed by atoms with van der Waals surface area (Å²) in [6.45, 7) is 4.45. The maximum absolute atomic E-state index is 11.6. The molecule has 0 saturated carbocycles. The van der Waals surface area contributed by atoms with Crippen molar-refractivity contribution >= 4 is 11.6 Å². The van der Waals surface area contributed by atoms with Crippen molar-refractivity contribution in [1.29, 1.82) is 0 Å². The Labute approximate surface area is 144 Å². The largest absolute Gasteiger partial charge is 0.507 e. The number of Topliss-reactive ketones (excluding diaryl/α,β-unsaturated/α-hetero) is 1. The van der Waals surface area contributed by atoms with Crippen LogP contribution in [-0.2, 0) is 0 Å². The summed E-state index contributed by atoms with van der Waals surface area (Å²) in [4.78, 5) is 23.2. The summed E-state index contributed by atoms with van der Waals surface area (Å²) in [5, 5.41) is 21.6. The lowest BCUT2D eigenvalue weighted by atomic mass is 9.89. The van der Waals surface area contributed by atoms with Gasteiger partial charge in [0.1, 0.15) is 17.2 Å². The average molecular weight is 338 g/mol. The third-order valence-corrected chi connectivity index (χ3v) is 4.09. The monoisotopic (exact) mass is 338 g/mol. The molecule has 0 aromatic heterocycles. The topological polar surface area (TPSA) is 83.8 Å². The van der Waals surface area contributed by atoms with Gasteiger partial charge >= 0.3 is 0 Å². The number of allylic oxidation sites excluding steroid dienone is 2. The van der Waals surface area contributed by atoms with Gasteiger partial charge in [0.05, 0.1) is 17.7 Å². The van der Waals surface area contributed by atoms with Gasteiger partial charge in [0.2, 0.25) is 0 Å². The third-order valence-electron chi connectivity index (χ3n) is 4.09. The number of carbonyl (C=O) groups excluding carboxylic acids is 2. The van der Waals surface area contributed by atoms with Gasteiger partial charge in [0.15, 0.2) is 11.6 Å². The zero-order valence-electron chi connectivity index (χ0n) is 14.0. The van der Waals surface area contributed by atoms with Crippen molar-refractivity contribution in [1.82, 2.24) is 0 Å². The first-order valence-corrected chi connectivity index (χ1v) is 8.03. The standard InChI is InChI=1S/C11H8O4.C9H10O/c1-5-4-8(14)9-6(12)2-3-7(13)10(9)11(5)15;1-2-5-10-9-6-7-3-4-8(7)9/h2-4,12-13H,1H3;3-4,6H,2,5H2,1H3. The summed E-state index contributed by atoms with van der Waals surface area (Å²) in [6, 6.07) is 8.67. The minimum Gasteiger partial charge on any atom is -0.507 e. The van der Waals surface area contributed by atoms with Gasteiger partial charge in [0, 0.05) is 10.8 Å². The molecule has 2 N–H and O–H groups in total. The highest BCUT2D eigenvalue weighted by atomic mass is 16.5. The maximum Gasteiger partial charge on any atom is 0.193 e. The Hall–Kier alpha value is -3.08. The van der Waals surface area contributed by atoms with Crippen molar-refractivity contribution in [3.63, 3.8) is 0 Å². The smallest absolute Gasteiger partial charge is 0.193 e. The first-order valence-electron chi connectivity index (χ1n) is 8.03. The van der Waals surface area contributed by atoms with Crippen LogP contribution < -0.4 is 4.74 Å². The summed E-state index contributed by atoms with van der Waals surface area (Å²) < 4.78 is 5.41. The van der Waals surface area contributed by atoms with E-state index in [1.165, 1.54) is 29.5 Å². The molecule has 0 unspecified atom stereocenters. The predicted octanol–water partition coefficient (Wildman–Crippen LogP) is 3.50. The minimum atomic E-state index is -0.462. The molecule has 0 amide bonds. The number of ketones is 2. The summed E-state index contributed by atoms with van der Waals surface area (Å²) in [6.07, 6.45) is 2.24. The molecule has 0 saturated heterocycles. The van der Waals surface area contributed by atoms with Crippen molar-refractivity contribution in [2.75, 3.05) is 6.61 Å². The molecule has 0 fully saturated rings. The second-order valence-corrected chi connectivity index (χ2v) is 5.93. The lowest BCUT2D eigenvalue weighted by Crippen LogP contribution is -2.15. The molecule has 0 radical (unpaired) electrons. The van der Waals surface area contributed by atoms with Crippen LogP contribution in [0, 0.1) is 10.4 Å². The number of fused-ring (bicyclic) bond motifs is 1. The van der Waals surface area contributed by atoms with E-state index < -0.39 is 11.6 Å². The molecule has 4 rings (SSSR count). The number of benzene rings is 2. The maximum atomic E-state index is 11.6. The summed E-state index contributed by atoms with van der Waals surface area (Å²) >= 11 is 0. The lowest BCUT2D eigenvalue weighted by molar-refractivity contribution is 0.0979. The van der Waals surface area contributed by atoms with E-state index in [1.54, 1.807) is 0 Å². The molecule has 25 heavy (non-hydrogen) atoms. The van der Waals surface area contributed by atoms with Crippen LogP contribution in [0.25, 0.3) is 0 Å². The van der Waals surface area contributed by atoms with Crippen molar-refractivity contribution in [2.45, 2.75) is 20.3 Å². The normalized spacial score (nSPS) is 13.4. The van der Waals surface area contributed by atoms with Crippen LogP contribution in [0.4, 0.5) is 0 Å². The van der Waals surface area contributed by atoms with Crippen LogP contribution >= 0.6 is 0 Å². The Bertz CT molecular complexity index is 1000. The fourth-order valence-corrected chi connectivity index (χ4v) is 2.68. The van der Waals surface area contributed by atoms with Gasteiger partial charge in [-0.2, -0.15) is 0 Å². The van der Waals surface area contributed by atoms with Gasteiger partial charge in [0.25, 0.3) is 0 Å². The molecule has 0 heterocycles. The molecule has 0 spiro atoms. The molecule has 1 aromatic carbocycles. The number of carbonyl (C=O) groups is 2. The number of phenolic OH excluding ortho intramolecular Hbond substituents is 2. The van der Waals surface area contributed by atoms with Gasteiger partial charge in [-0.1, -0.05) is 19.1 Å². The molecular formula is C20H18O5. The molecule has 5 nitrogen and oxygen atoms in total. The molecule has 0 atom stereocenters. The summed E-state index contributed by atoms with van der Waals surface area (Å²) in [5.41, 5.74) is 0.0269. The zero-order valence-corrected chi connectivity index (χ0v) is 14.0. The van der Waals surface area contributed by atoms with E-state index in [9.17, 15) is 19.8 Å². The number of aromatic hydroxyl groups is 2. The number of rotatable bonds is 3. The SMILES string of the molecule is CC1=CC(=O)c2c(O)ccc(O)c2C1=O.CCCOc1cc2ccc1=2. The van der Waals surface area contributed by atoms with Gasteiger partial charge in [-0.3, -0.25) is 9.59 Å². The van der Waals surface area contributed by atoms with Crippen LogP contribution in [0.3, 0.4) is 0 Å². The second kappa shape index (κ2) is 6.43. The number of hydrogen-bond donors (Lipinski definition) is 2. The van der Waals surface area contributed by atoms with Gasteiger partial charge in [-0.05, 0) is 42.8 Å². The highest BCUT2D eigenvalue weighted by Crippen LogP contribution is 2.34. The molecule has 5 heteroatoms. The van der Waals surface area contributed by atoms with E-state index in [1.807, 2.05) is 0 Å². The van der Waals surface area contributed by atoms with Crippen molar-refractivity contribution < 1.29 is 24.5 Å². The van der Waals surface area contributed by atoms with Crippen molar-refractivity contribution in [3.8, 4) is 17.2 Å². The first kappa shape index (κ1) is 16.8. The molecular weight excluding hydrogens is 320 g/mol. The Morgan fingerprint density at radius 1 is 1.00 bits per heavy atom.